The molecule has 0 N–H and O–H groups in total. The number of anilines is 3. The molecule has 11 aromatic rings. The molecular formula is C61H44N2. The Hall–Kier alpha value is -8.20. The van der Waals surface area contributed by atoms with Crippen LogP contribution >= 0.6 is 0 Å². The van der Waals surface area contributed by atoms with Crippen LogP contribution in [-0.2, 0) is 5.41 Å². The summed E-state index contributed by atoms with van der Waals surface area (Å²) in [5, 5.41) is 2.49. The molecule has 1 heterocycles. The summed E-state index contributed by atoms with van der Waals surface area (Å²) in [6, 6.07) is 96.8. The van der Waals surface area contributed by atoms with Gasteiger partial charge in [-0.25, -0.2) is 0 Å². The molecule has 0 spiro atoms. The molecule has 10 aromatic carbocycles. The third-order valence-electron chi connectivity index (χ3n) is 12.5. The number of hydrogen-bond acceptors (Lipinski definition) is 1. The van der Waals surface area contributed by atoms with Gasteiger partial charge in [0.2, 0.25) is 0 Å². The number of benzene rings is 10. The van der Waals surface area contributed by atoms with Crippen molar-refractivity contribution < 1.29 is 0 Å². The molecule has 0 saturated carbocycles. The van der Waals surface area contributed by atoms with E-state index in [0.29, 0.717) is 0 Å². The summed E-state index contributed by atoms with van der Waals surface area (Å²) in [6.45, 7) is 0. The van der Waals surface area contributed by atoms with E-state index in [-0.39, 0.29) is 0 Å². The fraction of sp³-hybridized carbons (Fsp3) is 0.0164. The zero-order chi connectivity index (χ0) is 42.0. The number of aromatic nitrogens is 1. The topological polar surface area (TPSA) is 8.17 Å². The predicted molar refractivity (Wildman–Crippen MR) is 265 cm³/mol. The highest BCUT2D eigenvalue weighted by atomic mass is 15.1. The first-order valence-corrected chi connectivity index (χ1v) is 21.7. The fourth-order valence-electron chi connectivity index (χ4n) is 9.64. The SMILES string of the molecule is c1ccc(-c2cccc(N(c3ccc(-c4ccc5c(c4)c4ccccc4n5-c4ccccc4)cc3)c3ccc(C(c4ccccc4)(c4ccccc4)c4ccccc4)cc3)c2)cc1. The Kier molecular flexibility index (Phi) is 9.80. The molecule has 0 amide bonds. The Morgan fingerprint density at radius 2 is 0.698 bits per heavy atom. The van der Waals surface area contributed by atoms with Gasteiger partial charge in [-0.05, 0) is 111 Å². The number of rotatable bonds is 10. The number of fused-ring (bicyclic) bond motifs is 3. The van der Waals surface area contributed by atoms with Gasteiger partial charge in [-0.3, -0.25) is 0 Å². The van der Waals surface area contributed by atoms with Crippen molar-refractivity contribution in [2.24, 2.45) is 0 Å². The molecule has 11 rings (SSSR count). The van der Waals surface area contributed by atoms with E-state index in [2.05, 4.69) is 276 Å². The van der Waals surface area contributed by atoms with Gasteiger partial charge in [-0.1, -0.05) is 200 Å². The molecule has 0 aliphatic carbocycles. The minimum atomic E-state index is -0.531. The molecule has 63 heavy (non-hydrogen) atoms. The molecular weight excluding hydrogens is 761 g/mol. The van der Waals surface area contributed by atoms with Crippen molar-refractivity contribution in [2.45, 2.75) is 5.41 Å². The van der Waals surface area contributed by atoms with Gasteiger partial charge in [0.25, 0.3) is 0 Å². The van der Waals surface area contributed by atoms with E-state index in [9.17, 15) is 0 Å². The minimum absolute atomic E-state index is 0.531. The Morgan fingerprint density at radius 3 is 1.30 bits per heavy atom. The first-order chi connectivity index (χ1) is 31.3. The highest BCUT2D eigenvalue weighted by molar-refractivity contribution is 6.10. The standard InChI is InChI=1S/C61H44N2/c1-6-19-45(20-7-1)47-21-18-30-56(43-47)62(55-40-36-52(37-41-55)61(49-22-8-2-9-23-49,50-24-10-3-11-25-50)51-26-12-4-13-27-51)54-38-33-46(34-39-54)48-35-42-60-58(44-48)57-31-16-17-32-59(57)63(60)53-28-14-5-15-29-53/h1-44H. The largest absolute Gasteiger partial charge is 0.310 e. The van der Waals surface area contributed by atoms with Crippen LogP contribution in [0, 0.1) is 0 Å². The number of para-hydroxylation sites is 2. The van der Waals surface area contributed by atoms with E-state index in [0.717, 1.165) is 22.7 Å². The molecule has 0 aliphatic rings. The molecule has 0 fully saturated rings. The van der Waals surface area contributed by atoms with Gasteiger partial charge in [-0.15, -0.1) is 0 Å². The van der Waals surface area contributed by atoms with Crippen LogP contribution in [0.2, 0.25) is 0 Å². The smallest absolute Gasteiger partial charge is 0.0701 e. The summed E-state index contributed by atoms with van der Waals surface area (Å²) in [5.74, 6) is 0. The summed E-state index contributed by atoms with van der Waals surface area (Å²) in [7, 11) is 0. The van der Waals surface area contributed by atoms with Crippen molar-refractivity contribution in [3.8, 4) is 27.9 Å². The molecule has 0 bridgehead atoms. The van der Waals surface area contributed by atoms with Crippen LogP contribution in [0.5, 0.6) is 0 Å². The van der Waals surface area contributed by atoms with E-state index in [4.69, 9.17) is 0 Å². The number of hydrogen-bond donors (Lipinski definition) is 0. The van der Waals surface area contributed by atoms with Gasteiger partial charge in [0.05, 0.1) is 16.4 Å². The zero-order valence-electron chi connectivity index (χ0n) is 34.8. The van der Waals surface area contributed by atoms with Crippen LogP contribution in [-0.4, -0.2) is 4.57 Å². The second-order valence-electron chi connectivity index (χ2n) is 16.1. The lowest BCUT2D eigenvalue weighted by atomic mass is 9.65. The molecule has 0 unspecified atom stereocenters. The van der Waals surface area contributed by atoms with E-state index < -0.39 is 5.41 Å². The van der Waals surface area contributed by atoms with Gasteiger partial charge in [-0.2, -0.15) is 0 Å². The van der Waals surface area contributed by atoms with Crippen molar-refractivity contribution in [1.82, 2.24) is 4.57 Å². The Bertz CT molecular complexity index is 3190. The molecule has 0 saturated heterocycles. The Labute approximate surface area is 369 Å². The van der Waals surface area contributed by atoms with Crippen LogP contribution in [0.25, 0.3) is 49.7 Å². The molecule has 0 radical (unpaired) electrons. The van der Waals surface area contributed by atoms with Crippen molar-refractivity contribution in [1.29, 1.82) is 0 Å². The third-order valence-corrected chi connectivity index (χ3v) is 12.5. The van der Waals surface area contributed by atoms with Crippen molar-refractivity contribution in [3.63, 3.8) is 0 Å². The second-order valence-corrected chi connectivity index (χ2v) is 16.1. The van der Waals surface area contributed by atoms with Gasteiger partial charge in [0.1, 0.15) is 0 Å². The summed E-state index contributed by atoms with van der Waals surface area (Å²) in [5.41, 5.74) is 15.9. The summed E-state index contributed by atoms with van der Waals surface area (Å²) < 4.78 is 2.37. The van der Waals surface area contributed by atoms with E-state index in [1.165, 1.54) is 66.3 Å². The highest BCUT2D eigenvalue weighted by Gasteiger charge is 2.38. The average molecular weight is 805 g/mol. The second kappa shape index (κ2) is 16.3. The summed E-state index contributed by atoms with van der Waals surface area (Å²) in [6.07, 6.45) is 0. The third kappa shape index (κ3) is 6.79. The fourth-order valence-corrected chi connectivity index (χ4v) is 9.64. The Morgan fingerprint density at radius 1 is 0.270 bits per heavy atom. The first-order valence-electron chi connectivity index (χ1n) is 21.7. The van der Waals surface area contributed by atoms with Gasteiger partial charge in [0.15, 0.2) is 0 Å². The maximum atomic E-state index is 2.38. The molecule has 298 valence electrons. The zero-order valence-corrected chi connectivity index (χ0v) is 34.8. The highest BCUT2D eigenvalue weighted by Crippen LogP contribution is 2.47. The van der Waals surface area contributed by atoms with Crippen LogP contribution in [0.3, 0.4) is 0 Å². The van der Waals surface area contributed by atoms with Crippen LogP contribution < -0.4 is 4.90 Å². The minimum Gasteiger partial charge on any atom is -0.310 e. The lowest BCUT2D eigenvalue weighted by Crippen LogP contribution is -2.31. The molecule has 2 nitrogen and oxygen atoms in total. The van der Waals surface area contributed by atoms with E-state index in [1.54, 1.807) is 0 Å². The maximum absolute atomic E-state index is 2.38. The van der Waals surface area contributed by atoms with Crippen molar-refractivity contribution >= 4 is 38.9 Å². The quantitative estimate of drug-likeness (QED) is 0.125. The molecule has 0 aliphatic heterocycles. The van der Waals surface area contributed by atoms with Gasteiger partial charge >= 0.3 is 0 Å². The Balaban J connectivity index is 1.03. The van der Waals surface area contributed by atoms with E-state index >= 15 is 0 Å². The van der Waals surface area contributed by atoms with Gasteiger partial charge < -0.3 is 9.47 Å². The van der Waals surface area contributed by atoms with Crippen LogP contribution in [0.15, 0.2) is 267 Å². The molecule has 0 atom stereocenters. The lowest BCUT2D eigenvalue weighted by Gasteiger charge is -2.37. The summed E-state index contributed by atoms with van der Waals surface area (Å²) >= 11 is 0. The monoisotopic (exact) mass is 804 g/mol. The van der Waals surface area contributed by atoms with E-state index in [1.807, 2.05) is 0 Å². The maximum Gasteiger partial charge on any atom is 0.0701 e. The predicted octanol–water partition coefficient (Wildman–Crippen LogP) is 16.0. The van der Waals surface area contributed by atoms with Crippen molar-refractivity contribution in [3.05, 3.63) is 289 Å². The molecule has 1 aromatic heterocycles. The first kappa shape index (κ1) is 37.8. The normalized spacial score (nSPS) is 11.5. The number of nitrogens with zero attached hydrogens (tertiary/aromatic N) is 2. The van der Waals surface area contributed by atoms with Crippen LogP contribution in [0.4, 0.5) is 17.1 Å². The summed E-state index contributed by atoms with van der Waals surface area (Å²) in [4.78, 5) is 2.38. The van der Waals surface area contributed by atoms with Gasteiger partial charge in [0, 0.05) is 33.5 Å². The molecule has 2 heteroatoms. The lowest BCUT2D eigenvalue weighted by molar-refractivity contribution is 0.745. The average Bonchev–Trinajstić information content (AvgIpc) is 3.70. The van der Waals surface area contributed by atoms with Crippen LogP contribution in [0.1, 0.15) is 22.3 Å². The van der Waals surface area contributed by atoms with Crippen molar-refractivity contribution in [2.75, 3.05) is 4.90 Å².